The predicted molar refractivity (Wildman–Crippen MR) is 226 cm³/mol. The van der Waals surface area contributed by atoms with Crippen molar-refractivity contribution in [3.8, 4) is 0 Å². The smallest absolute Gasteiger partial charge is 0.698 e. The first-order valence-electron chi connectivity index (χ1n) is 16.0. The van der Waals surface area contributed by atoms with Crippen molar-refractivity contribution in [2.24, 2.45) is 0 Å². The Morgan fingerprint density at radius 1 is 0.688 bits per heavy atom. The SMILES string of the molecule is CC1=C(C)C([Si](C)(C)Cl)c2sccc21.CC1=C(C)C([Si](C)(C)Nc2c(C)cc(C)cc2Br)c2sccc21.Cc1cc(C)c([NH-])c(Br)c1.[Li+]. The maximum Gasteiger partial charge on any atom is 1.00 e. The number of aryl methyl sites for hydroxylation is 4. The first-order valence-corrected chi connectivity index (χ1v) is 26.5. The summed E-state index contributed by atoms with van der Waals surface area (Å²) in [4.78, 5) is 7.04. The fraction of sp³-hybridized carbons (Fsp3) is 0.368. The summed E-state index contributed by atoms with van der Waals surface area (Å²) < 4.78 is 2.06. The van der Waals surface area contributed by atoms with E-state index in [2.05, 4.69) is 140 Å². The Morgan fingerprint density at radius 3 is 1.58 bits per heavy atom. The van der Waals surface area contributed by atoms with E-state index in [1.807, 2.05) is 48.7 Å². The van der Waals surface area contributed by atoms with Crippen molar-refractivity contribution in [3.05, 3.63) is 116 Å². The minimum Gasteiger partial charge on any atom is -0.698 e. The summed E-state index contributed by atoms with van der Waals surface area (Å²) in [6.45, 7) is 26.8. The van der Waals surface area contributed by atoms with Crippen LogP contribution < -0.4 is 23.8 Å². The fourth-order valence-corrected chi connectivity index (χ4v) is 19.1. The van der Waals surface area contributed by atoms with Crippen molar-refractivity contribution in [2.45, 2.75) is 92.7 Å². The Morgan fingerprint density at radius 2 is 1.12 bits per heavy atom. The summed E-state index contributed by atoms with van der Waals surface area (Å²) in [6, 6.07) is 12.9. The molecule has 0 bridgehead atoms. The van der Waals surface area contributed by atoms with E-state index in [0.29, 0.717) is 16.8 Å². The standard InChI is InChI=1S/C19H24BrNSSi.C11H15ClSSi.C8H9BrN.Li/c1-11-9-12(2)17(16(20)10-11)21-23(5,6)19-14(4)13(3)15-7-8-22-18(15)19;1-7-8(2)11(14(3,4)12)10-9(7)5-6-13-10;1-5-3-6(2)8(10)7(9)4-5;/h7-10,19,21H,1-6H3;5-6,11H,1-4H3;3-4,10H,1-2H3;/q;;-1;+1. The van der Waals surface area contributed by atoms with Gasteiger partial charge in [-0.1, -0.05) is 71.0 Å². The van der Waals surface area contributed by atoms with E-state index in [0.717, 1.165) is 10.0 Å². The molecule has 2 unspecified atom stereocenters. The third kappa shape index (κ3) is 8.80. The second-order valence-electron chi connectivity index (χ2n) is 14.2. The van der Waals surface area contributed by atoms with Crippen LogP contribution in [0.4, 0.5) is 11.4 Å². The van der Waals surface area contributed by atoms with Crippen LogP contribution in [0.15, 0.2) is 67.2 Å². The minimum absolute atomic E-state index is 0. The average Bonchev–Trinajstić information content (AvgIpc) is 3.71. The monoisotopic (exact) mass is 852 g/mol. The molecule has 2 aliphatic carbocycles. The van der Waals surface area contributed by atoms with Gasteiger partial charge in [-0.15, -0.1) is 28.4 Å². The molecule has 2 nitrogen and oxygen atoms in total. The third-order valence-electron chi connectivity index (χ3n) is 9.49. The molecular weight excluding hydrogens is 807 g/mol. The van der Waals surface area contributed by atoms with Crippen LogP contribution >= 0.6 is 65.6 Å². The van der Waals surface area contributed by atoms with Crippen LogP contribution in [0.25, 0.3) is 16.9 Å². The van der Waals surface area contributed by atoms with Crippen LogP contribution in [0.3, 0.4) is 0 Å². The molecule has 2 N–H and O–H groups in total. The summed E-state index contributed by atoms with van der Waals surface area (Å²) in [5.74, 6) is 0. The van der Waals surface area contributed by atoms with Crippen LogP contribution in [0.2, 0.25) is 26.2 Å². The average molecular weight is 855 g/mol. The van der Waals surface area contributed by atoms with Crippen molar-refractivity contribution in [1.29, 1.82) is 0 Å². The fourth-order valence-electron chi connectivity index (χ4n) is 7.04. The van der Waals surface area contributed by atoms with Crippen LogP contribution in [-0.4, -0.2) is 15.6 Å². The zero-order valence-electron chi connectivity index (χ0n) is 30.7. The summed E-state index contributed by atoms with van der Waals surface area (Å²) >= 11 is 17.4. The first kappa shape index (κ1) is 41.6. The number of allylic oxidation sites excluding steroid dienone is 4. The molecule has 0 amide bonds. The molecule has 0 radical (unpaired) electrons. The Labute approximate surface area is 333 Å². The zero-order valence-corrected chi connectivity index (χ0v) is 38.3. The Balaban J connectivity index is 0.000000213. The number of hydrogen-bond acceptors (Lipinski definition) is 3. The second kappa shape index (κ2) is 16.3. The number of benzene rings is 2. The molecule has 6 rings (SSSR count). The van der Waals surface area contributed by atoms with E-state index < -0.39 is 15.6 Å². The van der Waals surface area contributed by atoms with E-state index in [-0.39, 0.29) is 18.9 Å². The summed E-state index contributed by atoms with van der Waals surface area (Å²) in [5, 5.41) is 4.43. The number of fused-ring (bicyclic) bond motifs is 2. The third-order valence-corrected chi connectivity index (χ3v) is 18.9. The minimum atomic E-state index is -1.74. The number of anilines is 1. The quantitative estimate of drug-likeness (QED) is 0.161. The van der Waals surface area contributed by atoms with Crippen LogP contribution in [0.1, 0.15) is 81.9 Å². The van der Waals surface area contributed by atoms with Crippen LogP contribution in [0, 0.1) is 27.7 Å². The van der Waals surface area contributed by atoms with Gasteiger partial charge in [0, 0.05) is 35.5 Å². The molecule has 2 aromatic carbocycles. The van der Waals surface area contributed by atoms with Crippen LogP contribution in [0.5, 0.6) is 0 Å². The molecule has 10 heteroatoms. The predicted octanol–water partition coefficient (Wildman–Crippen LogP) is 12.2. The molecule has 2 atom stereocenters. The van der Waals surface area contributed by atoms with Gasteiger partial charge in [0.1, 0.15) is 0 Å². The maximum absolute atomic E-state index is 7.49. The molecular formula is C38H48Br2ClLiN2S2Si2. The summed E-state index contributed by atoms with van der Waals surface area (Å²) in [7, 11) is -3.36. The first-order chi connectivity index (χ1) is 21.8. The number of halogens is 3. The molecule has 0 saturated heterocycles. The molecule has 0 aliphatic heterocycles. The Kier molecular flexibility index (Phi) is 14.1. The van der Waals surface area contributed by atoms with E-state index in [9.17, 15) is 0 Å². The van der Waals surface area contributed by atoms with Gasteiger partial charge in [-0.05, 0) is 145 Å². The van der Waals surface area contributed by atoms with Crippen LogP contribution in [-0.2, 0) is 0 Å². The van der Waals surface area contributed by atoms with Gasteiger partial charge in [0.15, 0.2) is 15.6 Å². The summed E-state index contributed by atoms with van der Waals surface area (Å²) in [5.41, 5.74) is 24.2. The molecule has 0 saturated carbocycles. The van der Waals surface area contributed by atoms with Gasteiger partial charge >= 0.3 is 18.9 Å². The molecule has 252 valence electrons. The largest absolute Gasteiger partial charge is 1.00 e. The number of hydrogen-bond donors (Lipinski definition) is 1. The van der Waals surface area contributed by atoms with Crippen molar-refractivity contribution >= 4 is 104 Å². The zero-order chi connectivity index (χ0) is 35.2. The van der Waals surface area contributed by atoms with E-state index in [1.165, 1.54) is 59.6 Å². The van der Waals surface area contributed by atoms with Gasteiger partial charge < -0.3 is 10.7 Å². The molecule has 2 aromatic heterocycles. The van der Waals surface area contributed by atoms with Gasteiger partial charge in [0.05, 0.1) is 0 Å². The summed E-state index contributed by atoms with van der Waals surface area (Å²) in [6.07, 6.45) is 0. The van der Waals surface area contributed by atoms with Gasteiger partial charge in [-0.2, -0.15) is 11.1 Å². The molecule has 0 fully saturated rings. The van der Waals surface area contributed by atoms with Gasteiger partial charge in [-0.3, -0.25) is 0 Å². The molecule has 0 spiro atoms. The number of nitrogens with one attached hydrogen (secondary N) is 2. The number of rotatable bonds is 4. The van der Waals surface area contributed by atoms with Gasteiger partial charge in [0.25, 0.3) is 0 Å². The second-order valence-corrected chi connectivity index (χ2v) is 28.7. The molecule has 2 aliphatic rings. The van der Waals surface area contributed by atoms with E-state index in [4.69, 9.17) is 16.8 Å². The Hall–Kier alpha value is -0.799. The molecule has 48 heavy (non-hydrogen) atoms. The number of thiophene rings is 2. The van der Waals surface area contributed by atoms with Crippen molar-refractivity contribution in [1.82, 2.24) is 0 Å². The van der Waals surface area contributed by atoms with Gasteiger partial charge in [-0.25, -0.2) is 0 Å². The van der Waals surface area contributed by atoms with Crippen molar-refractivity contribution < 1.29 is 18.9 Å². The molecule has 4 aromatic rings. The maximum atomic E-state index is 7.49. The Bertz CT molecular complexity index is 1820. The molecule has 2 heterocycles. The normalized spacial score (nSPS) is 16.8. The topological polar surface area (TPSA) is 35.8 Å². The van der Waals surface area contributed by atoms with E-state index >= 15 is 0 Å². The van der Waals surface area contributed by atoms with Crippen molar-refractivity contribution in [3.63, 3.8) is 0 Å². The van der Waals surface area contributed by atoms with Crippen molar-refractivity contribution in [2.75, 3.05) is 4.98 Å². The van der Waals surface area contributed by atoms with E-state index in [1.54, 1.807) is 10.5 Å². The van der Waals surface area contributed by atoms with Gasteiger partial charge in [0.2, 0.25) is 0 Å².